The van der Waals surface area contributed by atoms with E-state index in [1.807, 2.05) is 38.1 Å². The summed E-state index contributed by atoms with van der Waals surface area (Å²) in [4.78, 5) is 41.6. The third-order valence-corrected chi connectivity index (χ3v) is 6.25. The minimum absolute atomic E-state index is 0.0104. The van der Waals surface area contributed by atoms with Crippen LogP contribution in [0.4, 0.5) is 4.79 Å². The molecule has 8 heteroatoms. The molecule has 3 atom stereocenters. The van der Waals surface area contributed by atoms with E-state index in [9.17, 15) is 14.4 Å². The fraction of sp³-hybridized carbons (Fsp3) is 0.654. The van der Waals surface area contributed by atoms with Crippen LogP contribution in [0, 0.1) is 6.92 Å². The number of nitrogens with one attached hydrogen (secondary N) is 2. The van der Waals surface area contributed by atoms with Gasteiger partial charge in [-0.25, -0.2) is 4.79 Å². The molecule has 3 unspecified atom stereocenters. The van der Waals surface area contributed by atoms with E-state index in [1.165, 1.54) is 0 Å². The van der Waals surface area contributed by atoms with Crippen molar-refractivity contribution in [2.75, 3.05) is 5.75 Å². The van der Waals surface area contributed by atoms with Gasteiger partial charge in [0.2, 0.25) is 11.8 Å². The number of hydrogen-bond acceptors (Lipinski definition) is 5. The first-order chi connectivity index (χ1) is 16.0. The summed E-state index contributed by atoms with van der Waals surface area (Å²) in [6, 6.07) is 5.92. The predicted octanol–water partition coefficient (Wildman–Crippen LogP) is 4.55. The molecule has 1 aliphatic rings. The van der Waals surface area contributed by atoms with Crippen LogP contribution in [0.1, 0.15) is 83.9 Å². The molecular weight excluding hydrogens is 450 g/mol. The molecule has 190 valence electrons. The van der Waals surface area contributed by atoms with Crippen LogP contribution in [0.25, 0.3) is 0 Å². The molecule has 1 saturated carbocycles. The number of carbonyl (C=O) groups excluding carboxylic acids is 3. The van der Waals surface area contributed by atoms with E-state index in [0.717, 1.165) is 43.2 Å². The number of carbonyl (C=O) groups is 3. The lowest BCUT2D eigenvalue weighted by molar-refractivity contribution is -0.147. The summed E-state index contributed by atoms with van der Waals surface area (Å²) in [5, 5.41) is 5.77. The Hall–Kier alpha value is -2.22. The maximum absolute atomic E-state index is 13.9. The highest BCUT2D eigenvalue weighted by Crippen LogP contribution is 2.34. The van der Waals surface area contributed by atoms with Gasteiger partial charge in [-0.05, 0) is 65.9 Å². The minimum atomic E-state index is -0.910. The standard InChI is InChI=1S/C26H41N3O4S/c1-7-10-18(3)27-23(30)22(19-12-8-11-17(2)15-19)29(20-13-9-14-20)24(31)21(16-34)28-25(32)33-26(4,5)6/h8,11-12,15,18,20-22,34H,7,9-10,13-14,16H2,1-6H3,(H,27,30)(H,28,32). The van der Waals surface area contributed by atoms with Crippen molar-refractivity contribution in [1.82, 2.24) is 15.5 Å². The second kappa shape index (κ2) is 12.5. The minimum Gasteiger partial charge on any atom is -0.444 e. The Morgan fingerprint density at radius 1 is 1.21 bits per heavy atom. The van der Waals surface area contributed by atoms with Gasteiger partial charge >= 0.3 is 6.09 Å². The van der Waals surface area contributed by atoms with Crippen molar-refractivity contribution in [3.05, 3.63) is 35.4 Å². The van der Waals surface area contributed by atoms with Gasteiger partial charge in [0.05, 0.1) is 0 Å². The van der Waals surface area contributed by atoms with Gasteiger partial charge in [-0.2, -0.15) is 12.6 Å². The molecule has 0 aromatic heterocycles. The molecule has 0 spiro atoms. The topological polar surface area (TPSA) is 87.7 Å². The Labute approximate surface area is 209 Å². The maximum Gasteiger partial charge on any atom is 0.408 e. The Balaban J connectivity index is 2.41. The highest BCUT2D eigenvalue weighted by atomic mass is 32.1. The van der Waals surface area contributed by atoms with Crippen LogP contribution in [0.3, 0.4) is 0 Å². The molecule has 1 aromatic rings. The van der Waals surface area contributed by atoms with Crippen molar-refractivity contribution >= 4 is 30.5 Å². The van der Waals surface area contributed by atoms with E-state index in [2.05, 4.69) is 30.2 Å². The van der Waals surface area contributed by atoms with Gasteiger partial charge in [0.15, 0.2) is 0 Å². The number of amides is 3. The number of thiol groups is 1. The van der Waals surface area contributed by atoms with Gasteiger partial charge in [0.25, 0.3) is 0 Å². The zero-order valence-corrected chi connectivity index (χ0v) is 22.3. The van der Waals surface area contributed by atoms with Crippen LogP contribution in [-0.2, 0) is 14.3 Å². The highest BCUT2D eigenvalue weighted by molar-refractivity contribution is 7.80. The number of alkyl carbamates (subject to hydrolysis) is 1. The van der Waals surface area contributed by atoms with E-state index < -0.39 is 23.8 Å². The Bertz CT molecular complexity index is 851. The highest BCUT2D eigenvalue weighted by Gasteiger charge is 2.41. The molecule has 0 radical (unpaired) electrons. The first kappa shape index (κ1) is 28.0. The predicted molar refractivity (Wildman–Crippen MR) is 138 cm³/mol. The van der Waals surface area contributed by atoms with E-state index in [0.29, 0.717) is 0 Å². The molecular formula is C26H41N3O4S. The largest absolute Gasteiger partial charge is 0.444 e. The van der Waals surface area contributed by atoms with Gasteiger partial charge in [-0.15, -0.1) is 0 Å². The lowest BCUT2D eigenvalue weighted by Crippen LogP contribution is -2.58. The van der Waals surface area contributed by atoms with Crippen LogP contribution >= 0.6 is 12.6 Å². The Morgan fingerprint density at radius 2 is 1.88 bits per heavy atom. The average Bonchev–Trinajstić information content (AvgIpc) is 2.68. The molecule has 0 saturated heterocycles. The number of hydrogen-bond donors (Lipinski definition) is 3. The van der Waals surface area contributed by atoms with Crippen molar-refractivity contribution in [1.29, 1.82) is 0 Å². The average molecular weight is 492 g/mol. The molecule has 1 aliphatic carbocycles. The van der Waals surface area contributed by atoms with Crippen molar-refractivity contribution in [2.45, 2.75) is 103 Å². The van der Waals surface area contributed by atoms with Crippen molar-refractivity contribution in [2.24, 2.45) is 0 Å². The summed E-state index contributed by atoms with van der Waals surface area (Å²) in [6.07, 6.45) is 3.75. The lowest BCUT2D eigenvalue weighted by Gasteiger charge is -2.43. The molecule has 34 heavy (non-hydrogen) atoms. The third kappa shape index (κ3) is 7.93. The van der Waals surface area contributed by atoms with Gasteiger partial charge in [-0.3, -0.25) is 9.59 Å². The van der Waals surface area contributed by atoms with Crippen LogP contribution in [0.2, 0.25) is 0 Å². The van der Waals surface area contributed by atoms with E-state index in [4.69, 9.17) is 4.74 Å². The molecule has 1 aromatic carbocycles. The first-order valence-electron chi connectivity index (χ1n) is 12.3. The number of ether oxygens (including phenoxy) is 1. The first-order valence-corrected chi connectivity index (χ1v) is 12.9. The van der Waals surface area contributed by atoms with E-state index in [1.54, 1.807) is 25.7 Å². The van der Waals surface area contributed by atoms with Gasteiger partial charge < -0.3 is 20.3 Å². The third-order valence-electron chi connectivity index (χ3n) is 5.89. The molecule has 2 N–H and O–H groups in total. The lowest BCUT2D eigenvalue weighted by atomic mass is 9.88. The summed E-state index contributed by atoms with van der Waals surface area (Å²) in [5.74, 6) is -0.437. The van der Waals surface area contributed by atoms with Crippen molar-refractivity contribution in [3.63, 3.8) is 0 Å². The second-order valence-electron chi connectivity index (χ2n) is 10.2. The second-order valence-corrected chi connectivity index (χ2v) is 10.6. The zero-order chi connectivity index (χ0) is 25.5. The molecule has 0 aliphatic heterocycles. The number of benzene rings is 1. The SMILES string of the molecule is CCCC(C)NC(=O)C(c1cccc(C)c1)N(C(=O)C(CS)NC(=O)OC(C)(C)C)C1CCC1. The van der Waals surface area contributed by atoms with Crippen LogP contribution in [0.15, 0.2) is 24.3 Å². The smallest absolute Gasteiger partial charge is 0.408 e. The van der Waals surface area contributed by atoms with Crippen LogP contribution in [-0.4, -0.2) is 52.3 Å². The summed E-state index contributed by atoms with van der Waals surface area (Å²) in [5.41, 5.74) is 1.08. The fourth-order valence-electron chi connectivity index (χ4n) is 4.10. The van der Waals surface area contributed by atoms with Gasteiger partial charge in [-0.1, -0.05) is 43.2 Å². The summed E-state index contributed by atoms with van der Waals surface area (Å²) in [6.45, 7) is 11.3. The van der Waals surface area contributed by atoms with E-state index in [-0.39, 0.29) is 29.7 Å². The normalized spacial score (nSPS) is 16.6. The molecule has 0 bridgehead atoms. The summed E-state index contributed by atoms with van der Waals surface area (Å²) in [7, 11) is 0. The Kier molecular flexibility index (Phi) is 10.3. The van der Waals surface area contributed by atoms with Crippen molar-refractivity contribution in [3.8, 4) is 0 Å². The van der Waals surface area contributed by atoms with E-state index >= 15 is 0 Å². The molecule has 1 fully saturated rings. The van der Waals surface area contributed by atoms with Gasteiger partial charge in [0, 0.05) is 17.8 Å². The summed E-state index contributed by atoms with van der Waals surface area (Å²) >= 11 is 4.34. The van der Waals surface area contributed by atoms with Crippen LogP contribution in [0.5, 0.6) is 0 Å². The maximum atomic E-state index is 13.9. The summed E-state index contributed by atoms with van der Waals surface area (Å²) < 4.78 is 5.35. The quantitative estimate of drug-likeness (QED) is 0.419. The molecule has 3 amide bonds. The fourth-order valence-corrected chi connectivity index (χ4v) is 4.35. The number of nitrogens with zero attached hydrogens (tertiary/aromatic N) is 1. The Morgan fingerprint density at radius 3 is 2.38 bits per heavy atom. The van der Waals surface area contributed by atoms with Crippen molar-refractivity contribution < 1.29 is 19.1 Å². The molecule has 2 rings (SSSR count). The monoisotopic (exact) mass is 491 g/mol. The number of aryl methyl sites for hydroxylation is 1. The molecule has 7 nitrogen and oxygen atoms in total. The van der Waals surface area contributed by atoms with Crippen LogP contribution < -0.4 is 10.6 Å². The zero-order valence-electron chi connectivity index (χ0n) is 21.4. The molecule has 0 heterocycles. The number of rotatable bonds is 10. The van der Waals surface area contributed by atoms with Gasteiger partial charge in [0.1, 0.15) is 17.7 Å².